The molecule has 13 heteroatoms. The molecule has 4 N–H and O–H groups in total. The van der Waals surface area contributed by atoms with Gasteiger partial charge < -0.3 is 34.5 Å². The quantitative estimate of drug-likeness (QED) is 0.226. The van der Waals surface area contributed by atoms with Crippen LogP contribution >= 0.6 is 0 Å². The van der Waals surface area contributed by atoms with Crippen molar-refractivity contribution < 1.29 is 53.1 Å². The van der Waals surface area contributed by atoms with E-state index in [9.17, 15) is 34.2 Å². The summed E-state index contributed by atoms with van der Waals surface area (Å²) in [5.74, 6) is -4.21. The number of rotatable bonds is 9. The van der Waals surface area contributed by atoms with E-state index in [2.05, 4.69) is 10.6 Å². The largest absolute Gasteiger partial charge is 0.480 e. The fraction of sp³-hybridized carbons (Fsp3) is 0.722. The molecule has 1 aliphatic heterocycles. The maximum absolute atomic E-state index is 11.8. The summed E-state index contributed by atoms with van der Waals surface area (Å²) in [6, 6.07) is -2.75. The predicted octanol–water partition coefficient (Wildman–Crippen LogP) is -1.93. The van der Waals surface area contributed by atoms with Gasteiger partial charge in [0.05, 0.1) is 6.10 Å². The van der Waals surface area contributed by atoms with Crippen molar-refractivity contribution >= 4 is 29.8 Å². The summed E-state index contributed by atoms with van der Waals surface area (Å²) in [6.07, 6.45) is -6.53. The molecule has 7 atom stereocenters. The van der Waals surface area contributed by atoms with E-state index in [0.717, 1.165) is 27.7 Å². The molecule has 1 unspecified atom stereocenters. The molecule has 0 spiro atoms. The second kappa shape index (κ2) is 11.6. The highest BCUT2D eigenvalue weighted by atomic mass is 16.6. The van der Waals surface area contributed by atoms with Gasteiger partial charge in [0.25, 0.3) is 0 Å². The number of amides is 1. The zero-order valence-corrected chi connectivity index (χ0v) is 17.8. The highest BCUT2D eigenvalue weighted by molar-refractivity contribution is 5.75. The number of hydrogen-bond acceptors (Lipinski definition) is 11. The average molecular weight is 448 g/mol. The van der Waals surface area contributed by atoms with E-state index >= 15 is 0 Å². The summed E-state index contributed by atoms with van der Waals surface area (Å²) in [4.78, 5) is 58.0. The van der Waals surface area contributed by atoms with Crippen molar-refractivity contribution in [2.45, 2.75) is 77.3 Å². The van der Waals surface area contributed by atoms with Gasteiger partial charge in [0.2, 0.25) is 5.91 Å². The van der Waals surface area contributed by atoms with Gasteiger partial charge in [-0.3, -0.25) is 29.3 Å². The molecule has 1 amide bonds. The molecular weight excluding hydrogens is 420 g/mol. The summed E-state index contributed by atoms with van der Waals surface area (Å²) < 4.78 is 21.2. The molecule has 0 aromatic heterocycles. The van der Waals surface area contributed by atoms with Gasteiger partial charge in [0.1, 0.15) is 31.0 Å². The van der Waals surface area contributed by atoms with Crippen LogP contribution in [0.25, 0.3) is 0 Å². The number of carboxylic acids is 1. The first-order valence-electron chi connectivity index (χ1n) is 9.40. The standard InChI is InChI=1S/C18H28N2O11/c1-7(21)13(18(26)27)20-17-14(19-8(2)22)16(30-11(5)25)15(29-10(4)24)12(31-17)6-28-9(3)23/h7,12-17,20-21H,6H2,1-5H3,(H,19,22)(H,26,27)/t7?,12-,13+,14-,15+,16-,17+/m1/s1. The molecule has 1 rings (SSSR count). The number of carboxylic acid groups (broad SMARTS) is 1. The zero-order valence-electron chi connectivity index (χ0n) is 17.8. The summed E-state index contributed by atoms with van der Waals surface area (Å²) in [7, 11) is 0. The molecular formula is C18H28N2O11. The van der Waals surface area contributed by atoms with Crippen molar-refractivity contribution in [2.24, 2.45) is 0 Å². The van der Waals surface area contributed by atoms with Crippen LogP contribution in [0.2, 0.25) is 0 Å². The average Bonchev–Trinajstić information content (AvgIpc) is 2.60. The van der Waals surface area contributed by atoms with Gasteiger partial charge in [-0.2, -0.15) is 0 Å². The maximum Gasteiger partial charge on any atom is 0.323 e. The van der Waals surface area contributed by atoms with Crippen LogP contribution in [0.1, 0.15) is 34.6 Å². The second-order valence-electron chi connectivity index (χ2n) is 7.00. The number of carbonyl (C=O) groups excluding carboxylic acids is 4. The van der Waals surface area contributed by atoms with Crippen molar-refractivity contribution in [3.05, 3.63) is 0 Å². The van der Waals surface area contributed by atoms with Crippen molar-refractivity contribution in [3.63, 3.8) is 0 Å². The number of ether oxygens (including phenoxy) is 4. The van der Waals surface area contributed by atoms with E-state index in [1.165, 1.54) is 6.92 Å². The third kappa shape index (κ3) is 8.11. The molecule has 0 radical (unpaired) electrons. The highest BCUT2D eigenvalue weighted by Crippen LogP contribution is 2.27. The number of aliphatic carboxylic acids is 1. The Bertz CT molecular complexity index is 696. The summed E-state index contributed by atoms with van der Waals surface area (Å²) in [6.45, 7) is 5.28. The van der Waals surface area contributed by atoms with Crippen LogP contribution in [0.4, 0.5) is 0 Å². The van der Waals surface area contributed by atoms with Gasteiger partial charge >= 0.3 is 23.9 Å². The first-order chi connectivity index (χ1) is 14.3. The summed E-state index contributed by atoms with van der Waals surface area (Å²) >= 11 is 0. The molecule has 13 nitrogen and oxygen atoms in total. The first kappa shape index (κ1) is 26.3. The lowest BCUT2D eigenvalue weighted by Crippen LogP contribution is -2.71. The van der Waals surface area contributed by atoms with Gasteiger partial charge in [-0.15, -0.1) is 0 Å². The fourth-order valence-corrected chi connectivity index (χ4v) is 3.07. The molecule has 0 saturated carbocycles. The van der Waals surface area contributed by atoms with E-state index < -0.39 is 79.1 Å². The third-order valence-electron chi connectivity index (χ3n) is 4.21. The van der Waals surface area contributed by atoms with E-state index in [1.54, 1.807) is 0 Å². The van der Waals surface area contributed by atoms with Crippen LogP contribution in [-0.2, 0) is 42.9 Å². The van der Waals surface area contributed by atoms with Gasteiger partial charge in [-0.25, -0.2) is 0 Å². The van der Waals surface area contributed by atoms with Crippen molar-refractivity contribution in [2.75, 3.05) is 6.61 Å². The van der Waals surface area contributed by atoms with E-state index in [-0.39, 0.29) is 0 Å². The molecule has 1 aliphatic rings. The van der Waals surface area contributed by atoms with Crippen LogP contribution < -0.4 is 10.6 Å². The van der Waals surface area contributed by atoms with Crippen molar-refractivity contribution in [1.29, 1.82) is 0 Å². The lowest BCUT2D eigenvalue weighted by Gasteiger charge is -2.46. The molecule has 0 bridgehead atoms. The predicted molar refractivity (Wildman–Crippen MR) is 100 cm³/mol. The van der Waals surface area contributed by atoms with E-state index in [0.29, 0.717) is 0 Å². The Morgan fingerprint density at radius 3 is 1.94 bits per heavy atom. The monoisotopic (exact) mass is 448 g/mol. The van der Waals surface area contributed by atoms with Crippen LogP contribution in [-0.4, -0.2) is 89.3 Å². The van der Waals surface area contributed by atoms with Gasteiger partial charge in [0.15, 0.2) is 12.2 Å². The SMILES string of the molecule is CC(=O)N[C@@H]1[C@@H](OC(C)=O)[C@@H](OC(C)=O)[C@@H](COC(C)=O)O[C@@H]1N[C@H](C(=O)O)C(C)O. The normalized spacial score (nSPS) is 27.4. The summed E-state index contributed by atoms with van der Waals surface area (Å²) in [5.41, 5.74) is 0. The van der Waals surface area contributed by atoms with E-state index in [1.807, 2.05) is 0 Å². The highest BCUT2D eigenvalue weighted by Gasteiger charge is 2.51. The van der Waals surface area contributed by atoms with Crippen LogP contribution in [0.3, 0.4) is 0 Å². The number of carbonyl (C=O) groups is 5. The minimum atomic E-state index is -1.53. The Hall–Kier alpha value is -2.77. The number of nitrogens with one attached hydrogen (secondary N) is 2. The lowest BCUT2D eigenvalue weighted by molar-refractivity contribution is -0.230. The Morgan fingerprint density at radius 1 is 0.968 bits per heavy atom. The van der Waals surface area contributed by atoms with Crippen LogP contribution in [0.5, 0.6) is 0 Å². The molecule has 31 heavy (non-hydrogen) atoms. The zero-order chi connectivity index (χ0) is 23.9. The molecule has 0 aliphatic carbocycles. The molecule has 0 aromatic carbocycles. The first-order valence-corrected chi connectivity index (χ1v) is 9.40. The smallest absolute Gasteiger partial charge is 0.323 e. The maximum atomic E-state index is 11.8. The minimum absolute atomic E-state index is 0.428. The van der Waals surface area contributed by atoms with Crippen molar-refractivity contribution in [1.82, 2.24) is 10.6 Å². The Labute approximate surface area is 178 Å². The fourth-order valence-electron chi connectivity index (χ4n) is 3.07. The number of aliphatic hydroxyl groups excluding tert-OH is 1. The third-order valence-corrected chi connectivity index (χ3v) is 4.21. The van der Waals surface area contributed by atoms with Gasteiger partial charge in [-0.05, 0) is 6.92 Å². The molecule has 1 fully saturated rings. The molecule has 1 heterocycles. The number of esters is 3. The number of hydrogen-bond donors (Lipinski definition) is 4. The van der Waals surface area contributed by atoms with Crippen molar-refractivity contribution in [3.8, 4) is 0 Å². The Balaban J connectivity index is 3.41. The summed E-state index contributed by atoms with van der Waals surface area (Å²) in [5, 5.41) is 24.2. The number of aliphatic hydroxyl groups is 1. The minimum Gasteiger partial charge on any atom is -0.480 e. The van der Waals surface area contributed by atoms with Crippen LogP contribution in [0, 0.1) is 0 Å². The van der Waals surface area contributed by atoms with Gasteiger partial charge in [0, 0.05) is 27.7 Å². The second-order valence-corrected chi connectivity index (χ2v) is 7.00. The molecule has 176 valence electrons. The molecule has 0 aromatic rings. The van der Waals surface area contributed by atoms with Crippen LogP contribution in [0.15, 0.2) is 0 Å². The van der Waals surface area contributed by atoms with Gasteiger partial charge in [-0.1, -0.05) is 0 Å². The lowest BCUT2D eigenvalue weighted by atomic mass is 9.94. The van der Waals surface area contributed by atoms with E-state index in [4.69, 9.17) is 18.9 Å². The Morgan fingerprint density at radius 2 is 1.52 bits per heavy atom. The Kier molecular flexibility index (Phi) is 9.81. The topological polar surface area (TPSA) is 187 Å². The molecule has 1 saturated heterocycles.